The van der Waals surface area contributed by atoms with Crippen molar-refractivity contribution in [3.05, 3.63) is 81.9 Å². The number of benzene rings is 2. The number of methoxy groups -OCH3 is 1. The quantitative estimate of drug-likeness (QED) is 0.450. The summed E-state index contributed by atoms with van der Waals surface area (Å²) in [6.07, 6.45) is 1.53. The van der Waals surface area contributed by atoms with Crippen molar-refractivity contribution >= 4 is 29.4 Å². The van der Waals surface area contributed by atoms with Gasteiger partial charge < -0.3 is 9.64 Å². The van der Waals surface area contributed by atoms with Gasteiger partial charge in [-0.05, 0) is 30.2 Å². The number of hydrogen-bond donors (Lipinski definition) is 0. The van der Waals surface area contributed by atoms with Gasteiger partial charge in [0.1, 0.15) is 0 Å². The van der Waals surface area contributed by atoms with Gasteiger partial charge in [-0.15, -0.1) is 0 Å². The van der Waals surface area contributed by atoms with Crippen LogP contribution in [0.15, 0.2) is 59.6 Å². The number of ether oxygens (including phenoxy) is 1. The van der Waals surface area contributed by atoms with E-state index in [1.807, 2.05) is 25.1 Å². The van der Waals surface area contributed by atoms with Crippen molar-refractivity contribution in [1.82, 2.24) is 4.90 Å². The fourth-order valence-corrected chi connectivity index (χ4v) is 3.73. The van der Waals surface area contributed by atoms with Crippen LogP contribution in [0.2, 0.25) is 0 Å². The molecular formula is C21H19NO4S. The van der Waals surface area contributed by atoms with Crippen LogP contribution in [0.5, 0.6) is 0 Å². The highest BCUT2D eigenvalue weighted by Gasteiger charge is 2.27. The monoisotopic (exact) mass is 381 g/mol. The van der Waals surface area contributed by atoms with E-state index in [-0.39, 0.29) is 11.7 Å². The van der Waals surface area contributed by atoms with Crippen LogP contribution in [-0.2, 0) is 16.1 Å². The molecule has 1 amide bonds. The van der Waals surface area contributed by atoms with Crippen molar-refractivity contribution < 1.29 is 19.1 Å². The van der Waals surface area contributed by atoms with Gasteiger partial charge in [0.05, 0.1) is 30.0 Å². The molecule has 1 aliphatic heterocycles. The molecule has 0 bridgehead atoms. The lowest BCUT2D eigenvalue weighted by atomic mass is 10.0. The zero-order valence-electron chi connectivity index (χ0n) is 15.1. The Morgan fingerprint density at radius 3 is 2.52 bits per heavy atom. The van der Waals surface area contributed by atoms with Gasteiger partial charge in [-0.3, -0.25) is 9.59 Å². The maximum absolute atomic E-state index is 12.6. The van der Waals surface area contributed by atoms with Crippen LogP contribution < -0.4 is 0 Å². The first-order valence-corrected chi connectivity index (χ1v) is 9.40. The van der Waals surface area contributed by atoms with Gasteiger partial charge in [0.25, 0.3) is 0 Å². The number of thioether (sulfide) groups is 1. The molecule has 0 aliphatic carbocycles. The minimum atomic E-state index is -0.404. The molecule has 2 aromatic rings. The highest BCUT2D eigenvalue weighted by molar-refractivity contribution is 8.04. The average molecular weight is 381 g/mol. The number of aryl methyl sites for hydroxylation is 1. The number of allylic oxidation sites excluding steroid dienone is 1. The lowest BCUT2D eigenvalue weighted by Gasteiger charge is -2.17. The number of amides is 1. The zero-order valence-corrected chi connectivity index (χ0v) is 15.9. The first-order chi connectivity index (χ1) is 13.0. The second-order valence-corrected chi connectivity index (χ2v) is 7.11. The summed E-state index contributed by atoms with van der Waals surface area (Å²) in [7, 11) is 1.33. The highest BCUT2D eigenvalue weighted by atomic mass is 32.2. The molecule has 0 atom stereocenters. The van der Waals surface area contributed by atoms with Gasteiger partial charge in [0.2, 0.25) is 5.91 Å². The van der Waals surface area contributed by atoms with Crippen molar-refractivity contribution in [3.63, 3.8) is 0 Å². The van der Waals surface area contributed by atoms with E-state index < -0.39 is 5.97 Å². The third-order valence-electron chi connectivity index (χ3n) is 4.29. The predicted octanol–water partition coefficient (Wildman–Crippen LogP) is 3.58. The fourth-order valence-electron chi connectivity index (χ4n) is 2.79. The van der Waals surface area contributed by atoms with Gasteiger partial charge in [0, 0.05) is 11.6 Å². The molecule has 0 radical (unpaired) electrons. The second-order valence-electron chi connectivity index (χ2n) is 6.12. The molecule has 138 valence electrons. The number of carbonyl (C=O) groups is 3. The zero-order chi connectivity index (χ0) is 19.4. The predicted molar refractivity (Wildman–Crippen MR) is 104 cm³/mol. The standard InChI is InChI=1S/C21H19NO4S/c1-14-5-3-4-6-17(14)18(23)11-20-22(19(24)13-27-20)12-15-7-9-16(10-8-15)21(25)26-2/h3-11H,12-13H2,1-2H3/b20-11-. The number of carbonyl (C=O) groups excluding carboxylic acids is 3. The Labute approximate surface area is 162 Å². The molecule has 0 spiro atoms. The van der Waals surface area contributed by atoms with Crippen LogP contribution in [0, 0.1) is 6.92 Å². The van der Waals surface area contributed by atoms with Crippen LogP contribution in [-0.4, -0.2) is 35.4 Å². The minimum Gasteiger partial charge on any atom is -0.465 e. The van der Waals surface area contributed by atoms with E-state index in [4.69, 9.17) is 0 Å². The Kier molecular flexibility index (Phi) is 5.76. The van der Waals surface area contributed by atoms with Crippen LogP contribution in [0.3, 0.4) is 0 Å². The maximum Gasteiger partial charge on any atom is 0.337 e. The van der Waals surface area contributed by atoms with Crippen molar-refractivity contribution in [1.29, 1.82) is 0 Å². The maximum atomic E-state index is 12.6. The summed E-state index contributed by atoms with van der Waals surface area (Å²) in [6.45, 7) is 2.24. The molecule has 1 saturated heterocycles. The summed E-state index contributed by atoms with van der Waals surface area (Å²) in [5.41, 5.74) is 2.85. The van der Waals surface area contributed by atoms with E-state index >= 15 is 0 Å². The van der Waals surface area contributed by atoms with Crippen LogP contribution in [0.4, 0.5) is 0 Å². The fraction of sp³-hybridized carbons (Fsp3) is 0.190. The normalized spacial score (nSPS) is 15.3. The molecule has 2 aromatic carbocycles. The van der Waals surface area contributed by atoms with Crippen molar-refractivity contribution in [2.75, 3.05) is 12.9 Å². The molecule has 6 heteroatoms. The molecule has 27 heavy (non-hydrogen) atoms. The van der Waals surface area contributed by atoms with Gasteiger partial charge in [-0.2, -0.15) is 0 Å². The van der Waals surface area contributed by atoms with Crippen LogP contribution in [0.25, 0.3) is 0 Å². The number of rotatable bonds is 5. The summed E-state index contributed by atoms with van der Waals surface area (Å²) >= 11 is 1.36. The Hall–Kier alpha value is -2.86. The molecule has 1 aliphatic rings. The Morgan fingerprint density at radius 1 is 1.15 bits per heavy atom. The van der Waals surface area contributed by atoms with Crippen LogP contribution >= 0.6 is 11.8 Å². The summed E-state index contributed by atoms with van der Waals surface area (Å²) < 4.78 is 4.69. The van der Waals surface area contributed by atoms with Gasteiger partial charge >= 0.3 is 5.97 Å². The third kappa shape index (κ3) is 4.28. The molecule has 3 rings (SSSR count). The first-order valence-electron chi connectivity index (χ1n) is 8.41. The van der Waals surface area contributed by atoms with E-state index in [1.165, 1.54) is 24.9 Å². The number of nitrogens with zero attached hydrogens (tertiary/aromatic N) is 1. The second kappa shape index (κ2) is 8.22. The number of esters is 1. The topological polar surface area (TPSA) is 63.7 Å². The third-order valence-corrected chi connectivity index (χ3v) is 5.32. The molecule has 1 fully saturated rings. The Bertz CT molecular complexity index is 918. The lowest BCUT2D eigenvalue weighted by molar-refractivity contribution is -0.125. The number of hydrogen-bond acceptors (Lipinski definition) is 5. The summed E-state index contributed by atoms with van der Waals surface area (Å²) in [5.74, 6) is -0.247. The van der Waals surface area contributed by atoms with E-state index in [2.05, 4.69) is 4.74 Å². The SMILES string of the molecule is COC(=O)c1ccc(CN2C(=O)CS/C2=C\C(=O)c2ccccc2C)cc1. The Balaban J connectivity index is 1.79. The number of ketones is 1. The van der Waals surface area contributed by atoms with Crippen molar-refractivity contribution in [3.8, 4) is 0 Å². The molecule has 5 nitrogen and oxygen atoms in total. The largest absolute Gasteiger partial charge is 0.465 e. The minimum absolute atomic E-state index is 0.0409. The highest BCUT2D eigenvalue weighted by Crippen LogP contribution is 2.31. The average Bonchev–Trinajstić information content (AvgIpc) is 3.01. The summed E-state index contributed by atoms with van der Waals surface area (Å²) in [6, 6.07) is 14.3. The van der Waals surface area contributed by atoms with E-state index in [0.29, 0.717) is 28.5 Å². The lowest BCUT2D eigenvalue weighted by Crippen LogP contribution is -2.24. The molecular weight excluding hydrogens is 362 g/mol. The summed E-state index contributed by atoms with van der Waals surface area (Å²) in [5, 5.41) is 0.644. The van der Waals surface area contributed by atoms with Gasteiger partial charge in [0.15, 0.2) is 5.78 Å². The first kappa shape index (κ1) is 18.9. The van der Waals surface area contributed by atoms with Crippen LogP contribution in [0.1, 0.15) is 31.8 Å². The van der Waals surface area contributed by atoms with E-state index in [0.717, 1.165) is 11.1 Å². The molecule has 0 N–H and O–H groups in total. The van der Waals surface area contributed by atoms with Gasteiger partial charge in [-0.25, -0.2) is 4.79 Å². The van der Waals surface area contributed by atoms with E-state index in [9.17, 15) is 14.4 Å². The van der Waals surface area contributed by atoms with Gasteiger partial charge in [-0.1, -0.05) is 48.2 Å². The molecule has 0 unspecified atom stereocenters. The summed E-state index contributed by atoms with van der Waals surface area (Å²) in [4.78, 5) is 38.0. The van der Waals surface area contributed by atoms with Crippen molar-refractivity contribution in [2.45, 2.75) is 13.5 Å². The molecule has 0 aromatic heterocycles. The van der Waals surface area contributed by atoms with E-state index in [1.54, 1.807) is 35.2 Å². The van der Waals surface area contributed by atoms with Crippen molar-refractivity contribution in [2.24, 2.45) is 0 Å². The Morgan fingerprint density at radius 2 is 1.85 bits per heavy atom. The molecule has 0 saturated carbocycles. The molecule has 1 heterocycles. The smallest absolute Gasteiger partial charge is 0.337 e.